The van der Waals surface area contributed by atoms with Crippen molar-refractivity contribution in [2.75, 3.05) is 20.1 Å². The van der Waals surface area contributed by atoms with Gasteiger partial charge in [0.1, 0.15) is 17.8 Å². The maximum absolute atomic E-state index is 14.0. The third-order valence-corrected chi connectivity index (χ3v) is 4.79. The number of aryl methyl sites for hydroxylation is 2. The lowest BCUT2D eigenvalue weighted by molar-refractivity contribution is 0.177. The molecule has 0 radical (unpaired) electrons. The summed E-state index contributed by atoms with van der Waals surface area (Å²) in [5, 5.41) is 4.11. The topological polar surface area (TPSA) is 58.3 Å². The van der Waals surface area contributed by atoms with Crippen LogP contribution < -0.4 is 0 Å². The summed E-state index contributed by atoms with van der Waals surface area (Å²) in [7, 11) is 2.06. The smallest absolute Gasteiger partial charge is 0.142 e. The molecule has 0 unspecified atom stereocenters. The fourth-order valence-electron chi connectivity index (χ4n) is 3.51. The van der Waals surface area contributed by atoms with Gasteiger partial charge in [-0.3, -0.25) is 4.90 Å². The van der Waals surface area contributed by atoms with Crippen molar-refractivity contribution in [3.05, 3.63) is 41.3 Å². The Bertz CT molecular complexity index is 677. The zero-order valence-corrected chi connectivity index (χ0v) is 15.2. The molecule has 1 aliphatic heterocycles. The van der Waals surface area contributed by atoms with Crippen molar-refractivity contribution in [3.63, 3.8) is 0 Å². The molecule has 0 saturated carbocycles. The number of likely N-dealkylation sites (tertiary alicyclic amines) is 1. The van der Waals surface area contributed by atoms with E-state index >= 15 is 0 Å². The van der Waals surface area contributed by atoms with Gasteiger partial charge in [-0.05, 0) is 32.9 Å². The average Bonchev–Trinajstić information content (AvgIpc) is 3.11. The molecule has 0 N–H and O–H groups in total. The molecule has 1 aliphatic rings. The van der Waals surface area contributed by atoms with Crippen molar-refractivity contribution in [1.29, 1.82) is 0 Å². The molecule has 0 spiro atoms. The van der Waals surface area contributed by atoms with E-state index < -0.39 is 6.17 Å². The zero-order chi connectivity index (χ0) is 17.8. The van der Waals surface area contributed by atoms with Crippen LogP contribution in [-0.2, 0) is 19.5 Å². The van der Waals surface area contributed by atoms with Crippen LogP contribution in [0.2, 0.25) is 0 Å². The van der Waals surface area contributed by atoms with Crippen molar-refractivity contribution >= 4 is 0 Å². The van der Waals surface area contributed by atoms with Gasteiger partial charge in [0.25, 0.3) is 0 Å². The minimum Gasteiger partial charge on any atom is -0.361 e. The van der Waals surface area contributed by atoms with E-state index in [9.17, 15) is 4.39 Å². The molecule has 0 aliphatic carbocycles. The number of halogens is 1. The fraction of sp³-hybridized carbons (Fsp3) is 0.611. The molecule has 0 amide bonds. The third-order valence-electron chi connectivity index (χ3n) is 4.79. The highest BCUT2D eigenvalue weighted by Crippen LogP contribution is 2.24. The molecule has 7 heteroatoms. The highest BCUT2D eigenvalue weighted by Gasteiger charge is 2.33. The Morgan fingerprint density at radius 1 is 1.36 bits per heavy atom. The van der Waals surface area contributed by atoms with Gasteiger partial charge in [-0.15, -0.1) is 0 Å². The van der Waals surface area contributed by atoms with E-state index in [0.717, 1.165) is 42.4 Å². The Morgan fingerprint density at radius 2 is 2.12 bits per heavy atom. The van der Waals surface area contributed by atoms with Gasteiger partial charge in [-0.25, -0.2) is 14.4 Å². The molecule has 0 aromatic carbocycles. The number of hydrogen-bond acceptors (Lipinski definition) is 6. The summed E-state index contributed by atoms with van der Waals surface area (Å²) in [6.45, 7) is 6.62. The van der Waals surface area contributed by atoms with Gasteiger partial charge >= 0.3 is 0 Å². The normalized spacial score (nSPS) is 21.3. The molecule has 2 aromatic rings. The standard InChI is InChI=1S/C18H26FN5O/c1-4-17-16(13(2)25-22-17)11-23(3)10-15-8-14(19)9-24(15)12-18-20-6-5-7-21-18/h5-7,14-15H,4,8-12H2,1-3H3/t14-,15-/m0/s1. The lowest BCUT2D eigenvalue weighted by Gasteiger charge is -2.27. The zero-order valence-electron chi connectivity index (χ0n) is 15.2. The van der Waals surface area contributed by atoms with E-state index in [1.165, 1.54) is 0 Å². The van der Waals surface area contributed by atoms with Gasteiger partial charge < -0.3 is 9.42 Å². The van der Waals surface area contributed by atoms with Gasteiger partial charge in [0.15, 0.2) is 0 Å². The number of aromatic nitrogens is 3. The van der Waals surface area contributed by atoms with Crippen molar-refractivity contribution in [1.82, 2.24) is 24.9 Å². The Kier molecular flexibility index (Phi) is 5.75. The largest absolute Gasteiger partial charge is 0.361 e. The van der Waals surface area contributed by atoms with E-state index in [1.807, 2.05) is 6.92 Å². The van der Waals surface area contributed by atoms with Gasteiger partial charge in [0, 0.05) is 43.6 Å². The highest BCUT2D eigenvalue weighted by molar-refractivity contribution is 5.21. The SMILES string of the molecule is CCc1noc(C)c1CN(C)C[C@@H]1C[C@H](F)CN1Cc1ncccn1. The van der Waals surface area contributed by atoms with Crippen LogP contribution in [0.15, 0.2) is 23.0 Å². The summed E-state index contributed by atoms with van der Waals surface area (Å²) >= 11 is 0. The maximum Gasteiger partial charge on any atom is 0.142 e. The first kappa shape index (κ1) is 17.9. The van der Waals surface area contributed by atoms with E-state index in [1.54, 1.807) is 18.5 Å². The Balaban J connectivity index is 1.62. The molecule has 136 valence electrons. The molecule has 1 saturated heterocycles. The minimum absolute atomic E-state index is 0.161. The summed E-state index contributed by atoms with van der Waals surface area (Å²) in [5.41, 5.74) is 2.16. The van der Waals surface area contributed by atoms with Crippen LogP contribution in [0.3, 0.4) is 0 Å². The predicted octanol–water partition coefficient (Wildman–Crippen LogP) is 2.38. The van der Waals surface area contributed by atoms with Crippen molar-refractivity contribution in [3.8, 4) is 0 Å². The molecule has 25 heavy (non-hydrogen) atoms. The van der Waals surface area contributed by atoms with Crippen LogP contribution in [-0.4, -0.2) is 57.3 Å². The second-order valence-electron chi connectivity index (χ2n) is 6.80. The third kappa shape index (κ3) is 4.41. The molecule has 3 rings (SSSR count). The summed E-state index contributed by atoms with van der Waals surface area (Å²) in [6.07, 6.45) is 4.08. The quantitative estimate of drug-likeness (QED) is 0.766. The predicted molar refractivity (Wildman–Crippen MR) is 92.7 cm³/mol. The molecule has 1 fully saturated rings. The number of likely N-dealkylation sites (N-methyl/N-ethyl adjacent to an activating group) is 1. The lowest BCUT2D eigenvalue weighted by Crippen LogP contribution is -2.38. The fourth-order valence-corrected chi connectivity index (χ4v) is 3.51. The monoisotopic (exact) mass is 347 g/mol. The van der Waals surface area contributed by atoms with Crippen LogP contribution in [0, 0.1) is 6.92 Å². The molecule has 2 aromatic heterocycles. The summed E-state index contributed by atoms with van der Waals surface area (Å²) < 4.78 is 19.3. The molecular formula is C18H26FN5O. The van der Waals surface area contributed by atoms with Crippen LogP contribution in [0.5, 0.6) is 0 Å². The highest BCUT2D eigenvalue weighted by atomic mass is 19.1. The molecule has 3 heterocycles. The van der Waals surface area contributed by atoms with Crippen molar-refractivity contribution in [2.45, 2.75) is 52.0 Å². The van der Waals surface area contributed by atoms with Gasteiger partial charge in [0.2, 0.25) is 0 Å². The van der Waals surface area contributed by atoms with E-state index in [4.69, 9.17) is 4.52 Å². The van der Waals surface area contributed by atoms with Crippen molar-refractivity contribution < 1.29 is 8.91 Å². The average molecular weight is 347 g/mol. The second-order valence-corrected chi connectivity index (χ2v) is 6.80. The molecule has 6 nitrogen and oxygen atoms in total. The molecule has 0 bridgehead atoms. The second kappa shape index (κ2) is 8.01. The maximum atomic E-state index is 14.0. The molecular weight excluding hydrogens is 321 g/mol. The van der Waals surface area contributed by atoms with Crippen LogP contribution in [0.1, 0.15) is 36.2 Å². The summed E-state index contributed by atoms with van der Waals surface area (Å²) in [5.74, 6) is 1.61. The number of nitrogens with zero attached hydrogens (tertiary/aromatic N) is 5. The summed E-state index contributed by atoms with van der Waals surface area (Å²) in [4.78, 5) is 12.9. The van der Waals surface area contributed by atoms with E-state index in [-0.39, 0.29) is 6.04 Å². The number of hydrogen-bond donors (Lipinski definition) is 0. The Hall–Kier alpha value is -1.86. The molecule has 2 atom stereocenters. The van der Waals surface area contributed by atoms with Crippen LogP contribution in [0.25, 0.3) is 0 Å². The van der Waals surface area contributed by atoms with E-state index in [0.29, 0.717) is 19.5 Å². The van der Waals surface area contributed by atoms with E-state index in [2.05, 4.69) is 38.9 Å². The van der Waals surface area contributed by atoms with Gasteiger partial charge in [-0.2, -0.15) is 0 Å². The first-order valence-electron chi connectivity index (χ1n) is 8.83. The lowest BCUT2D eigenvalue weighted by atomic mass is 10.1. The minimum atomic E-state index is -0.786. The van der Waals surface area contributed by atoms with Gasteiger partial charge in [-0.1, -0.05) is 12.1 Å². The summed E-state index contributed by atoms with van der Waals surface area (Å²) in [6, 6.07) is 1.96. The van der Waals surface area contributed by atoms with Gasteiger partial charge in [0.05, 0.1) is 12.2 Å². The van der Waals surface area contributed by atoms with Crippen molar-refractivity contribution in [2.24, 2.45) is 0 Å². The Labute approximate surface area is 148 Å². The van der Waals surface area contributed by atoms with Crippen LogP contribution >= 0.6 is 0 Å². The first-order valence-corrected chi connectivity index (χ1v) is 8.83. The first-order chi connectivity index (χ1) is 12.1. The number of alkyl halides is 1. The van der Waals surface area contributed by atoms with Crippen LogP contribution in [0.4, 0.5) is 4.39 Å². The Morgan fingerprint density at radius 3 is 2.84 bits per heavy atom. The number of rotatable bonds is 7.